The highest BCUT2D eigenvalue weighted by molar-refractivity contribution is 6.31. The van der Waals surface area contributed by atoms with Crippen LogP contribution in [0.3, 0.4) is 0 Å². The zero-order valence-electron chi connectivity index (χ0n) is 17.8. The first-order valence-electron chi connectivity index (χ1n) is 10.5. The Kier molecular flexibility index (Phi) is 6.72. The topological polar surface area (TPSA) is 92.8 Å². The highest BCUT2D eigenvalue weighted by Gasteiger charge is 2.52. The molecule has 2 aromatic rings. The summed E-state index contributed by atoms with van der Waals surface area (Å²) >= 11 is 12.4. The monoisotopic (exact) mass is 488 g/mol. The van der Waals surface area contributed by atoms with Crippen molar-refractivity contribution in [2.75, 3.05) is 16.8 Å². The third-order valence-corrected chi connectivity index (χ3v) is 7.12. The van der Waals surface area contributed by atoms with E-state index in [9.17, 15) is 19.2 Å². The Hall–Kier alpha value is -2.90. The predicted molar refractivity (Wildman–Crippen MR) is 125 cm³/mol. The first-order chi connectivity index (χ1) is 15.8. The van der Waals surface area contributed by atoms with Gasteiger partial charge in [0.25, 0.3) is 5.91 Å². The Balaban J connectivity index is 1.37. The van der Waals surface area contributed by atoms with E-state index in [1.54, 1.807) is 12.1 Å². The number of para-hydroxylation sites is 1. The average molecular weight is 489 g/mol. The molecule has 0 spiro atoms. The summed E-state index contributed by atoms with van der Waals surface area (Å²) in [6, 6.07) is 13.2. The van der Waals surface area contributed by atoms with E-state index in [1.807, 2.05) is 19.1 Å². The maximum atomic E-state index is 12.8. The van der Waals surface area contributed by atoms with E-state index >= 15 is 0 Å². The Labute approximate surface area is 201 Å². The van der Waals surface area contributed by atoms with Crippen LogP contribution in [0.4, 0.5) is 11.4 Å². The number of imide groups is 1. The Morgan fingerprint density at radius 1 is 0.970 bits per heavy atom. The van der Waals surface area contributed by atoms with E-state index in [2.05, 4.69) is 5.32 Å². The fourth-order valence-corrected chi connectivity index (χ4v) is 4.80. The Bertz CT molecular complexity index is 1080. The molecular formula is C24H22Cl2N2O5. The van der Waals surface area contributed by atoms with Crippen LogP contribution in [0.15, 0.2) is 48.5 Å². The molecule has 7 nitrogen and oxygen atoms in total. The van der Waals surface area contributed by atoms with Crippen molar-refractivity contribution in [3.05, 3.63) is 59.7 Å². The number of carbonyl (C=O) groups excluding carboxylic acids is 4. The van der Waals surface area contributed by atoms with Gasteiger partial charge >= 0.3 is 5.97 Å². The van der Waals surface area contributed by atoms with Crippen molar-refractivity contribution in [2.24, 2.45) is 11.8 Å². The van der Waals surface area contributed by atoms with E-state index in [-0.39, 0.29) is 28.1 Å². The lowest BCUT2D eigenvalue weighted by molar-refractivity contribution is -0.122. The summed E-state index contributed by atoms with van der Waals surface area (Å²) in [7, 11) is 0. The number of rotatable bonds is 5. The normalized spacial score (nSPS) is 24.4. The molecule has 0 aromatic heterocycles. The van der Waals surface area contributed by atoms with Crippen LogP contribution in [0.2, 0.25) is 0 Å². The maximum Gasteiger partial charge on any atom is 0.338 e. The minimum absolute atomic E-state index is 0.195. The van der Waals surface area contributed by atoms with Gasteiger partial charge in [-0.1, -0.05) is 18.2 Å². The lowest BCUT2D eigenvalue weighted by atomic mass is 9.80. The smallest absolute Gasteiger partial charge is 0.338 e. The van der Waals surface area contributed by atoms with Gasteiger partial charge in [0.1, 0.15) is 0 Å². The zero-order valence-corrected chi connectivity index (χ0v) is 19.3. The van der Waals surface area contributed by atoms with Crippen molar-refractivity contribution in [3.63, 3.8) is 0 Å². The van der Waals surface area contributed by atoms with Crippen LogP contribution in [0.25, 0.3) is 0 Å². The number of hydrogen-bond acceptors (Lipinski definition) is 5. The number of ether oxygens (including phenoxy) is 1. The molecule has 0 unspecified atom stereocenters. The number of amides is 3. The zero-order chi connectivity index (χ0) is 23.7. The van der Waals surface area contributed by atoms with Crippen LogP contribution in [-0.4, -0.2) is 41.1 Å². The van der Waals surface area contributed by atoms with E-state index in [1.165, 1.54) is 24.3 Å². The van der Waals surface area contributed by atoms with Crippen LogP contribution >= 0.6 is 23.2 Å². The summed E-state index contributed by atoms with van der Waals surface area (Å²) in [6.45, 7) is 1.41. The van der Waals surface area contributed by atoms with Crippen LogP contribution in [0.1, 0.15) is 28.8 Å². The second kappa shape index (κ2) is 9.53. The molecule has 1 aliphatic carbocycles. The van der Waals surface area contributed by atoms with E-state index in [0.29, 0.717) is 24.2 Å². The van der Waals surface area contributed by atoms with Crippen molar-refractivity contribution in [3.8, 4) is 0 Å². The summed E-state index contributed by atoms with van der Waals surface area (Å²) in [4.78, 5) is 51.2. The number of aryl methyl sites for hydroxylation is 1. The summed E-state index contributed by atoms with van der Waals surface area (Å²) in [5.74, 6) is -2.72. The number of alkyl halides is 2. The van der Waals surface area contributed by atoms with Crippen molar-refractivity contribution in [2.45, 2.75) is 30.5 Å². The number of benzene rings is 2. The molecule has 1 saturated heterocycles. The highest BCUT2D eigenvalue weighted by atomic mass is 35.5. The molecule has 1 N–H and O–H groups in total. The number of hydrogen-bond donors (Lipinski definition) is 1. The van der Waals surface area contributed by atoms with Crippen LogP contribution in [-0.2, 0) is 19.1 Å². The van der Waals surface area contributed by atoms with Gasteiger partial charge in [0, 0.05) is 5.69 Å². The Morgan fingerprint density at radius 2 is 1.55 bits per heavy atom. The molecule has 1 aliphatic heterocycles. The minimum Gasteiger partial charge on any atom is -0.452 e. The van der Waals surface area contributed by atoms with Crippen molar-refractivity contribution < 1.29 is 23.9 Å². The van der Waals surface area contributed by atoms with Gasteiger partial charge in [0.05, 0.1) is 33.8 Å². The molecule has 2 aliphatic rings. The van der Waals surface area contributed by atoms with Crippen LogP contribution < -0.4 is 10.2 Å². The van der Waals surface area contributed by atoms with Gasteiger partial charge in [-0.3, -0.25) is 19.3 Å². The summed E-state index contributed by atoms with van der Waals surface area (Å²) in [5, 5.41) is 1.97. The van der Waals surface area contributed by atoms with Crippen LogP contribution in [0, 0.1) is 18.8 Å². The molecule has 3 amide bonds. The molecule has 4 rings (SSSR count). The van der Waals surface area contributed by atoms with Crippen LogP contribution in [0.5, 0.6) is 0 Å². The minimum atomic E-state index is -0.691. The highest BCUT2D eigenvalue weighted by Crippen LogP contribution is 2.43. The molecule has 9 heteroatoms. The number of halogens is 2. The average Bonchev–Trinajstić information content (AvgIpc) is 3.03. The number of carbonyl (C=O) groups is 4. The van der Waals surface area contributed by atoms with Gasteiger partial charge in [-0.25, -0.2) is 4.79 Å². The predicted octanol–water partition coefficient (Wildman–Crippen LogP) is 3.90. The third kappa shape index (κ3) is 4.75. The van der Waals surface area contributed by atoms with Crippen molar-refractivity contribution in [1.82, 2.24) is 0 Å². The fourth-order valence-electron chi connectivity index (χ4n) is 4.21. The largest absolute Gasteiger partial charge is 0.452 e. The van der Waals surface area contributed by atoms with Gasteiger partial charge in [-0.15, -0.1) is 23.2 Å². The van der Waals surface area contributed by atoms with Gasteiger partial charge in [-0.2, -0.15) is 0 Å². The second-order valence-electron chi connectivity index (χ2n) is 8.21. The number of esters is 1. The van der Waals surface area contributed by atoms with E-state index in [4.69, 9.17) is 27.9 Å². The van der Waals surface area contributed by atoms with Gasteiger partial charge in [0.2, 0.25) is 11.8 Å². The molecule has 172 valence electrons. The number of nitrogens with one attached hydrogen (secondary N) is 1. The quantitative estimate of drug-likeness (QED) is 0.391. The lowest BCUT2D eigenvalue weighted by Crippen LogP contribution is -2.34. The second-order valence-corrected chi connectivity index (χ2v) is 9.34. The molecule has 2 aromatic carbocycles. The number of fused-ring (bicyclic) bond motifs is 1. The molecule has 33 heavy (non-hydrogen) atoms. The summed E-state index contributed by atoms with van der Waals surface area (Å²) in [5.41, 5.74) is 2.09. The standard InChI is InChI=1S/C24H22Cl2N2O5/c1-13-4-2-3-5-20(13)27-21(29)12-33-24(32)14-6-8-15(9-7-14)28-22(30)16-10-18(25)19(26)11-17(16)23(28)31/h2-9,16-19H,10-12H2,1H3,(H,27,29)/t16-,17+,18+,19-. The third-order valence-electron chi connectivity index (χ3n) is 6.03. The summed E-state index contributed by atoms with van der Waals surface area (Å²) < 4.78 is 5.08. The molecule has 4 atom stereocenters. The van der Waals surface area contributed by atoms with E-state index < -0.39 is 30.3 Å². The number of nitrogens with zero attached hydrogens (tertiary/aromatic N) is 1. The van der Waals surface area contributed by atoms with E-state index in [0.717, 1.165) is 10.5 Å². The molecule has 0 bridgehead atoms. The maximum absolute atomic E-state index is 12.8. The SMILES string of the molecule is Cc1ccccc1NC(=O)COC(=O)c1ccc(N2C(=O)[C@H]3C[C@@H](Cl)[C@@H](Cl)C[C@H]3C2=O)cc1. The first kappa shape index (κ1) is 23.3. The van der Waals surface area contributed by atoms with Gasteiger partial charge in [0.15, 0.2) is 6.61 Å². The fraction of sp³-hybridized carbons (Fsp3) is 0.333. The molecule has 1 heterocycles. The molecule has 0 radical (unpaired) electrons. The van der Waals surface area contributed by atoms with Crippen molar-refractivity contribution in [1.29, 1.82) is 0 Å². The summed E-state index contributed by atoms with van der Waals surface area (Å²) in [6.07, 6.45) is 0.715. The van der Waals surface area contributed by atoms with Gasteiger partial charge < -0.3 is 10.1 Å². The van der Waals surface area contributed by atoms with Gasteiger partial charge in [-0.05, 0) is 55.7 Å². The molecular weight excluding hydrogens is 467 g/mol. The molecule has 2 fully saturated rings. The molecule has 1 saturated carbocycles. The van der Waals surface area contributed by atoms with Crippen molar-refractivity contribution >= 4 is 58.3 Å². The lowest BCUT2D eigenvalue weighted by Gasteiger charge is -2.28. The Morgan fingerprint density at radius 3 is 2.12 bits per heavy atom. The first-order valence-corrected chi connectivity index (χ1v) is 11.4. The number of anilines is 2.